The van der Waals surface area contributed by atoms with Crippen molar-refractivity contribution in [2.75, 3.05) is 33.4 Å². The second-order valence-electron chi connectivity index (χ2n) is 4.72. The molecule has 108 valence electrons. The third-order valence-electron chi connectivity index (χ3n) is 2.46. The maximum Gasteiger partial charge on any atom is 0.191 e. The molecule has 1 aromatic heterocycles. The van der Waals surface area contributed by atoms with Crippen molar-refractivity contribution < 1.29 is 9.15 Å². The molecule has 0 saturated carbocycles. The Kier molecular flexibility index (Phi) is 7.74. The fourth-order valence-corrected chi connectivity index (χ4v) is 1.54. The van der Waals surface area contributed by atoms with Gasteiger partial charge < -0.3 is 19.8 Å². The van der Waals surface area contributed by atoms with Crippen molar-refractivity contribution in [3.05, 3.63) is 24.2 Å². The van der Waals surface area contributed by atoms with Crippen LogP contribution in [-0.2, 0) is 11.2 Å². The quantitative estimate of drug-likeness (QED) is 0.427. The van der Waals surface area contributed by atoms with Gasteiger partial charge in [-0.2, -0.15) is 0 Å². The standard InChI is InChI=1S/C14H25N3O2/c1-12(2)11-18-10-8-17-14(15-3)16-7-6-13-5-4-9-19-13/h4-5,9,12H,6-8,10-11H2,1-3H3,(H2,15,16,17). The topological polar surface area (TPSA) is 58.8 Å². The fourth-order valence-electron chi connectivity index (χ4n) is 1.54. The van der Waals surface area contributed by atoms with Gasteiger partial charge in [-0.3, -0.25) is 4.99 Å². The first-order chi connectivity index (χ1) is 9.22. The zero-order valence-corrected chi connectivity index (χ0v) is 12.1. The lowest BCUT2D eigenvalue weighted by molar-refractivity contribution is 0.114. The molecule has 1 rings (SSSR count). The molecule has 19 heavy (non-hydrogen) atoms. The fraction of sp³-hybridized carbons (Fsp3) is 0.643. The number of nitrogens with one attached hydrogen (secondary N) is 2. The predicted molar refractivity (Wildman–Crippen MR) is 77.4 cm³/mol. The second-order valence-corrected chi connectivity index (χ2v) is 4.72. The number of ether oxygens (including phenoxy) is 1. The first-order valence-corrected chi connectivity index (χ1v) is 6.77. The summed E-state index contributed by atoms with van der Waals surface area (Å²) in [6.45, 7) is 7.32. The summed E-state index contributed by atoms with van der Waals surface area (Å²) in [5, 5.41) is 6.44. The molecular formula is C14H25N3O2. The molecule has 0 aromatic carbocycles. The van der Waals surface area contributed by atoms with Crippen LogP contribution in [-0.4, -0.2) is 39.3 Å². The van der Waals surface area contributed by atoms with Crippen LogP contribution >= 0.6 is 0 Å². The molecule has 0 amide bonds. The smallest absolute Gasteiger partial charge is 0.191 e. The Labute approximate surface area is 115 Å². The number of furan rings is 1. The minimum absolute atomic E-state index is 0.575. The lowest BCUT2D eigenvalue weighted by Crippen LogP contribution is -2.39. The minimum atomic E-state index is 0.575. The Balaban J connectivity index is 2.06. The van der Waals surface area contributed by atoms with Gasteiger partial charge in [-0.25, -0.2) is 0 Å². The van der Waals surface area contributed by atoms with Gasteiger partial charge in [0.15, 0.2) is 5.96 Å². The summed E-state index contributed by atoms with van der Waals surface area (Å²) in [4.78, 5) is 4.15. The molecule has 0 radical (unpaired) electrons. The van der Waals surface area contributed by atoms with E-state index in [2.05, 4.69) is 29.5 Å². The van der Waals surface area contributed by atoms with Gasteiger partial charge in [0.1, 0.15) is 5.76 Å². The van der Waals surface area contributed by atoms with Crippen LogP contribution in [0.15, 0.2) is 27.8 Å². The number of hydrogen-bond acceptors (Lipinski definition) is 3. The molecule has 0 bridgehead atoms. The highest BCUT2D eigenvalue weighted by Gasteiger charge is 1.99. The largest absolute Gasteiger partial charge is 0.469 e. The van der Waals surface area contributed by atoms with Crippen molar-refractivity contribution in [3.8, 4) is 0 Å². The SMILES string of the molecule is CN=C(NCCOCC(C)C)NCCc1ccco1. The number of hydrogen-bond donors (Lipinski definition) is 2. The van der Waals surface area contributed by atoms with Gasteiger partial charge in [0.2, 0.25) is 0 Å². The van der Waals surface area contributed by atoms with Crippen molar-refractivity contribution >= 4 is 5.96 Å². The number of aliphatic imine (C=N–C) groups is 1. The van der Waals surface area contributed by atoms with Crippen molar-refractivity contribution in [2.45, 2.75) is 20.3 Å². The van der Waals surface area contributed by atoms with E-state index in [-0.39, 0.29) is 0 Å². The first-order valence-electron chi connectivity index (χ1n) is 6.77. The summed E-state index contributed by atoms with van der Waals surface area (Å²) in [5.74, 6) is 2.34. The highest BCUT2D eigenvalue weighted by atomic mass is 16.5. The highest BCUT2D eigenvalue weighted by molar-refractivity contribution is 5.79. The molecule has 0 aliphatic carbocycles. The maximum absolute atomic E-state index is 5.49. The van der Waals surface area contributed by atoms with Gasteiger partial charge in [0, 0.05) is 33.2 Å². The van der Waals surface area contributed by atoms with Gasteiger partial charge >= 0.3 is 0 Å². The monoisotopic (exact) mass is 267 g/mol. The van der Waals surface area contributed by atoms with E-state index in [1.54, 1.807) is 13.3 Å². The van der Waals surface area contributed by atoms with Crippen LogP contribution in [0.1, 0.15) is 19.6 Å². The zero-order valence-electron chi connectivity index (χ0n) is 12.1. The Hall–Kier alpha value is -1.49. The molecule has 0 unspecified atom stereocenters. The van der Waals surface area contributed by atoms with Crippen molar-refractivity contribution in [1.29, 1.82) is 0 Å². The summed E-state index contributed by atoms with van der Waals surface area (Å²) < 4.78 is 10.8. The van der Waals surface area contributed by atoms with E-state index in [9.17, 15) is 0 Å². The molecule has 0 aliphatic heterocycles. The first kappa shape index (κ1) is 15.6. The average Bonchev–Trinajstić information content (AvgIpc) is 2.89. The zero-order chi connectivity index (χ0) is 13.9. The maximum atomic E-state index is 5.49. The molecule has 1 heterocycles. The molecule has 2 N–H and O–H groups in total. The number of rotatable bonds is 8. The van der Waals surface area contributed by atoms with Crippen molar-refractivity contribution in [3.63, 3.8) is 0 Å². The van der Waals surface area contributed by atoms with Crippen LogP contribution in [0.4, 0.5) is 0 Å². The van der Waals surface area contributed by atoms with Crippen molar-refractivity contribution in [1.82, 2.24) is 10.6 Å². The molecule has 5 heteroatoms. The molecule has 0 fully saturated rings. The Morgan fingerprint density at radius 1 is 1.37 bits per heavy atom. The van der Waals surface area contributed by atoms with Gasteiger partial charge in [-0.15, -0.1) is 0 Å². The van der Waals surface area contributed by atoms with Crippen LogP contribution < -0.4 is 10.6 Å². The summed E-state index contributed by atoms with van der Waals surface area (Å²) in [6, 6.07) is 3.87. The molecule has 0 aliphatic rings. The van der Waals surface area contributed by atoms with Gasteiger partial charge in [0.05, 0.1) is 12.9 Å². The summed E-state index contributed by atoms with van der Waals surface area (Å²) in [5.41, 5.74) is 0. The van der Waals surface area contributed by atoms with E-state index in [1.165, 1.54) is 0 Å². The minimum Gasteiger partial charge on any atom is -0.469 e. The van der Waals surface area contributed by atoms with Crippen LogP contribution in [0.5, 0.6) is 0 Å². The van der Waals surface area contributed by atoms with Crippen LogP contribution in [0, 0.1) is 5.92 Å². The van der Waals surface area contributed by atoms with Crippen LogP contribution in [0.25, 0.3) is 0 Å². The van der Waals surface area contributed by atoms with Crippen LogP contribution in [0.3, 0.4) is 0 Å². The second kappa shape index (κ2) is 9.44. The van der Waals surface area contributed by atoms with E-state index >= 15 is 0 Å². The van der Waals surface area contributed by atoms with E-state index in [4.69, 9.17) is 9.15 Å². The molecule has 0 atom stereocenters. The van der Waals surface area contributed by atoms with Crippen molar-refractivity contribution in [2.24, 2.45) is 10.9 Å². The van der Waals surface area contributed by atoms with E-state index in [1.807, 2.05) is 12.1 Å². The molecule has 1 aromatic rings. The normalized spacial score (nSPS) is 11.9. The van der Waals surface area contributed by atoms with Gasteiger partial charge in [-0.1, -0.05) is 13.8 Å². The lowest BCUT2D eigenvalue weighted by Gasteiger charge is -2.12. The average molecular weight is 267 g/mol. The Morgan fingerprint density at radius 2 is 2.16 bits per heavy atom. The summed E-state index contributed by atoms with van der Waals surface area (Å²) in [7, 11) is 1.76. The van der Waals surface area contributed by atoms with Gasteiger partial charge in [-0.05, 0) is 18.1 Å². The third-order valence-corrected chi connectivity index (χ3v) is 2.46. The van der Waals surface area contributed by atoms with E-state index < -0.39 is 0 Å². The Morgan fingerprint density at radius 3 is 2.79 bits per heavy atom. The van der Waals surface area contributed by atoms with Gasteiger partial charge in [0.25, 0.3) is 0 Å². The predicted octanol–water partition coefficient (Wildman–Crippen LogP) is 1.66. The van der Waals surface area contributed by atoms with E-state index in [0.717, 1.165) is 37.8 Å². The molecule has 0 spiro atoms. The number of nitrogens with zero attached hydrogens (tertiary/aromatic N) is 1. The third kappa shape index (κ3) is 7.51. The summed E-state index contributed by atoms with van der Waals surface area (Å²) >= 11 is 0. The number of guanidine groups is 1. The van der Waals surface area contributed by atoms with E-state index in [0.29, 0.717) is 12.5 Å². The Bertz CT molecular complexity index is 348. The molecule has 0 saturated heterocycles. The lowest BCUT2D eigenvalue weighted by atomic mass is 10.2. The highest BCUT2D eigenvalue weighted by Crippen LogP contribution is 1.99. The summed E-state index contributed by atoms with van der Waals surface area (Å²) in [6.07, 6.45) is 2.53. The molecular weight excluding hydrogens is 242 g/mol. The van der Waals surface area contributed by atoms with Crippen LogP contribution in [0.2, 0.25) is 0 Å². The molecule has 5 nitrogen and oxygen atoms in total.